The first-order chi connectivity index (χ1) is 6.99. The van der Waals surface area contributed by atoms with Crippen LogP contribution in [0.2, 0.25) is 0 Å². The molecule has 0 fully saturated rings. The molecular weight excluding hydrogens is 222 g/mol. The molecule has 5 nitrogen and oxygen atoms in total. The Labute approximate surface area is 123 Å². The fourth-order valence-corrected chi connectivity index (χ4v) is 2.34. The topological polar surface area (TPSA) is 113 Å². The van der Waals surface area contributed by atoms with Gasteiger partial charge in [-0.1, -0.05) is 0 Å². The van der Waals surface area contributed by atoms with Gasteiger partial charge in [-0.25, -0.2) is 0 Å². The number of rotatable bonds is 2. The SMILES string of the molecule is NCc1c[c]([K])cc(CN)c1.OB(O)O. The van der Waals surface area contributed by atoms with Crippen LogP contribution < -0.4 is 11.1 Å². The Morgan fingerprint density at radius 1 is 1.00 bits per heavy atom. The van der Waals surface area contributed by atoms with Crippen LogP contribution in [0.5, 0.6) is 0 Å². The van der Waals surface area contributed by atoms with Gasteiger partial charge in [0.2, 0.25) is 0 Å². The zero-order chi connectivity index (χ0) is 11.8. The molecule has 0 bridgehead atoms. The van der Waals surface area contributed by atoms with Crippen LogP contribution in [0.1, 0.15) is 11.1 Å². The van der Waals surface area contributed by atoms with Gasteiger partial charge >= 0.3 is 110 Å². The average Bonchev–Trinajstić information content (AvgIpc) is 2.15. The first-order valence-corrected chi connectivity index (χ1v) is 6.09. The number of nitrogens with two attached hydrogens (primary N) is 2. The molecule has 7 N–H and O–H groups in total. The van der Waals surface area contributed by atoms with Crippen molar-refractivity contribution in [2.24, 2.45) is 11.5 Å². The van der Waals surface area contributed by atoms with Crippen molar-refractivity contribution < 1.29 is 15.1 Å². The van der Waals surface area contributed by atoms with E-state index in [4.69, 9.17) is 26.5 Å². The van der Waals surface area contributed by atoms with E-state index in [1.807, 2.05) is 0 Å². The summed E-state index contributed by atoms with van der Waals surface area (Å²) in [5.41, 5.74) is 13.5. The molecule has 1 aromatic carbocycles. The molecule has 0 saturated heterocycles. The van der Waals surface area contributed by atoms with E-state index in [0.717, 1.165) is 49.0 Å². The summed E-state index contributed by atoms with van der Waals surface area (Å²) in [6.45, 7) is 1.24. The summed E-state index contributed by atoms with van der Waals surface area (Å²) in [4.78, 5) is 0. The maximum Gasteiger partial charge on any atom is 0.631 e. The van der Waals surface area contributed by atoms with Gasteiger partial charge in [0, 0.05) is 0 Å². The van der Waals surface area contributed by atoms with E-state index >= 15 is 0 Å². The quantitative estimate of drug-likeness (QED) is 0.360. The molecule has 78 valence electrons. The molecule has 0 atom stereocenters. The summed E-state index contributed by atoms with van der Waals surface area (Å²) in [7, 11) is -2.17. The van der Waals surface area contributed by atoms with Crippen molar-refractivity contribution in [3.63, 3.8) is 0 Å². The van der Waals surface area contributed by atoms with Gasteiger partial charge in [-0.05, 0) is 0 Å². The molecule has 0 aliphatic carbocycles. The first kappa shape index (κ1) is 15.7. The van der Waals surface area contributed by atoms with Crippen LogP contribution in [0, 0.1) is 0 Å². The normalized spacial score (nSPS) is 9.27. The van der Waals surface area contributed by atoms with Gasteiger partial charge in [0.1, 0.15) is 0 Å². The standard InChI is InChI=1S/C8H11N2.BH3O3.K/c9-5-7-2-1-3-8(4-7)6-10;2-1(3)4;/h2-4H,5-6,9-10H2;2-4H;. The average molecular weight is 236 g/mol. The van der Waals surface area contributed by atoms with Crippen molar-refractivity contribution in [2.45, 2.75) is 13.1 Å². The minimum atomic E-state index is -2.17. The first-order valence-electron chi connectivity index (χ1n) is 4.53. The smallest absolute Gasteiger partial charge is 0.402 e. The molecule has 0 amide bonds. The summed E-state index contributed by atoms with van der Waals surface area (Å²) in [6.07, 6.45) is 0. The van der Waals surface area contributed by atoms with Crippen molar-refractivity contribution in [1.82, 2.24) is 0 Å². The second-order valence-electron chi connectivity index (χ2n) is 3.08. The molecule has 0 aromatic heterocycles. The zero-order valence-electron chi connectivity index (χ0n) is 8.72. The van der Waals surface area contributed by atoms with Gasteiger partial charge in [-0.3, -0.25) is 0 Å². The minimum absolute atomic E-state index is 0.622. The molecule has 0 unspecified atom stereocenters. The third-order valence-electron chi connectivity index (χ3n) is 1.67. The van der Waals surface area contributed by atoms with Gasteiger partial charge in [0.25, 0.3) is 0 Å². The Hall–Kier alpha value is 0.721. The third kappa shape index (κ3) is 8.52. The molecule has 0 spiro atoms. The van der Waals surface area contributed by atoms with E-state index in [1.54, 1.807) is 0 Å². The van der Waals surface area contributed by atoms with E-state index in [2.05, 4.69) is 18.2 Å². The van der Waals surface area contributed by atoms with E-state index < -0.39 is 7.32 Å². The predicted octanol–water partition coefficient (Wildman–Crippen LogP) is -2.65. The van der Waals surface area contributed by atoms with Gasteiger partial charge in [-0.15, -0.1) is 0 Å². The van der Waals surface area contributed by atoms with Gasteiger partial charge < -0.3 is 15.1 Å². The molecule has 15 heavy (non-hydrogen) atoms. The second-order valence-corrected chi connectivity index (χ2v) is 4.88. The molecule has 1 rings (SSSR count). The molecule has 0 radical (unpaired) electrons. The molecule has 0 saturated carbocycles. The molecule has 0 aliphatic heterocycles. The zero-order valence-corrected chi connectivity index (χ0v) is 11.8. The van der Waals surface area contributed by atoms with Crippen LogP contribution in [0.15, 0.2) is 18.2 Å². The molecule has 7 heteroatoms. The maximum absolute atomic E-state index is 7.17. The van der Waals surface area contributed by atoms with Crippen LogP contribution in [-0.4, -0.2) is 71.3 Å². The molecule has 1 aromatic rings. The van der Waals surface area contributed by atoms with Crippen LogP contribution in [-0.2, 0) is 13.1 Å². The monoisotopic (exact) mass is 236 g/mol. The van der Waals surface area contributed by atoms with Crippen LogP contribution >= 0.6 is 0 Å². The summed E-state index contributed by atoms with van der Waals surface area (Å²) in [6, 6.07) is 6.41. The summed E-state index contributed by atoms with van der Waals surface area (Å²) < 4.78 is 1.42. The Balaban J connectivity index is 0.000000423. The van der Waals surface area contributed by atoms with Crippen molar-refractivity contribution >= 4 is 55.9 Å². The predicted molar refractivity (Wildman–Crippen MR) is 60.0 cm³/mol. The van der Waals surface area contributed by atoms with Crippen LogP contribution in [0.3, 0.4) is 0 Å². The van der Waals surface area contributed by atoms with E-state index in [9.17, 15) is 0 Å². The third-order valence-corrected chi connectivity index (χ3v) is 2.57. The fourth-order valence-electron chi connectivity index (χ4n) is 1.18. The van der Waals surface area contributed by atoms with Crippen molar-refractivity contribution in [1.29, 1.82) is 0 Å². The van der Waals surface area contributed by atoms with Gasteiger partial charge in [0.05, 0.1) is 0 Å². The minimum Gasteiger partial charge on any atom is -0.402 e. The summed E-state index contributed by atoms with van der Waals surface area (Å²) in [5.74, 6) is 0. The Kier molecular flexibility index (Phi) is 9.25. The van der Waals surface area contributed by atoms with Crippen molar-refractivity contribution in [3.05, 3.63) is 29.3 Å². The fraction of sp³-hybridized carbons (Fsp3) is 0.250. The number of hydrogen-bond acceptors (Lipinski definition) is 5. The van der Waals surface area contributed by atoms with E-state index in [-0.39, 0.29) is 0 Å². The number of benzene rings is 1. The second kappa shape index (κ2) is 8.83. The Bertz CT molecular complexity index is 274. The maximum atomic E-state index is 7.17. The van der Waals surface area contributed by atoms with Gasteiger partial charge in [-0.2, -0.15) is 0 Å². The summed E-state index contributed by atoms with van der Waals surface area (Å²) >= 11 is 0.724. The largest absolute Gasteiger partial charge is 0.631 e. The summed E-state index contributed by atoms with van der Waals surface area (Å²) in [5, 5.41) is 21.5. The molecular formula is C8H14BKN2O3. The van der Waals surface area contributed by atoms with Crippen LogP contribution in [0.4, 0.5) is 0 Å². The Morgan fingerprint density at radius 3 is 1.60 bits per heavy atom. The van der Waals surface area contributed by atoms with Crippen molar-refractivity contribution in [2.75, 3.05) is 0 Å². The number of hydrogen-bond donors (Lipinski definition) is 5. The van der Waals surface area contributed by atoms with Crippen LogP contribution in [0.25, 0.3) is 0 Å². The molecule has 0 aliphatic rings. The van der Waals surface area contributed by atoms with Gasteiger partial charge in [0.15, 0.2) is 0 Å². The Morgan fingerprint density at radius 2 is 1.33 bits per heavy atom. The molecule has 0 heterocycles. The van der Waals surface area contributed by atoms with Crippen molar-refractivity contribution in [3.8, 4) is 0 Å². The van der Waals surface area contributed by atoms with E-state index in [1.165, 1.54) is 10.8 Å². The van der Waals surface area contributed by atoms with E-state index in [0.29, 0.717) is 13.1 Å².